The molecule has 118 valence electrons. The predicted molar refractivity (Wildman–Crippen MR) is 87.1 cm³/mol. The summed E-state index contributed by atoms with van der Waals surface area (Å²) < 4.78 is 1.98. The van der Waals surface area contributed by atoms with Gasteiger partial charge >= 0.3 is 0 Å². The van der Waals surface area contributed by atoms with Crippen molar-refractivity contribution >= 4 is 22.4 Å². The summed E-state index contributed by atoms with van der Waals surface area (Å²) in [5, 5.41) is 6.99. The zero-order valence-corrected chi connectivity index (χ0v) is 13.8. The van der Waals surface area contributed by atoms with Gasteiger partial charge < -0.3 is 0 Å². The van der Waals surface area contributed by atoms with E-state index in [2.05, 4.69) is 21.2 Å². The minimum absolute atomic E-state index is 0.0958. The Labute approximate surface area is 134 Å². The second-order valence-electron chi connectivity index (χ2n) is 5.77. The van der Waals surface area contributed by atoms with Gasteiger partial charge in [0.1, 0.15) is 0 Å². The lowest BCUT2D eigenvalue weighted by Gasteiger charge is -2.25. The van der Waals surface area contributed by atoms with Crippen LogP contribution in [0.25, 0.3) is 0 Å². The molecule has 22 heavy (non-hydrogen) atoms. The highest BCUT2D eigenvalue weighted by Crippen LogP contribution is 2.20. The molecule has 3 rings (SSSR count). The first kappa shape index (κ1) is 15.2. The molecule has 3 heterocycles. The number of aromatic nitrogens is 3. The van der Waals surface area contributed by atoms with E-state index in [9.17, 15) is 4.79 Å². The molecule has 0 aromatic carbocycles. The number of amides is 1. The van der Waals surface area contributed by atoms with Gasteiger partial charge in [0.2, 0.25) is 5.91 Å². The molecule has 1 saturated heterocycles. The number of hydrogen-bond donors (Lipinski definition) is 0. The normalized spacial score (nSPS) is 18.7. The molecular formula is C15H21N5OS. The van der Waals surface area contributed by atoms with Crippen LogP contribution in [-0.2, 0) is 11.3 Å². The van der Waals surface area contributed by atoms with Crippen molar-refractivity contribution in [2.45, 2.75) is 32.4 Å². The maximum atomic E-state index is 12.4. The number of nitrogens with zero attached hydrogens (tertiary/aromatic N) is 5. The van der Waals surface area contributed by atoms with E-state index in [0.717, 1.165) is 31.1 Å². The molecule has 6 nitrogen and oxygen atoms in total. The quantitative estimate of drug-likeness (QED) is 0.843. The number of carbonyl (C=O) groups is 1. The Kier molecular flexibility index (Phi) is 4.54. The van der Waals surface area contributed by atoms with E-state index in [1.807, 2.05) is 23.2 Å². The number of carbonyl (C=O) groups excluding carboxylic acids is 1. The lowest BCUT2D eigenvalue weighted by molar-refractivity contribution is -0.119. The SMILES string of the molecule is Cc1cnn(CC2CCCN2CC(=O)N(C)c2nccs2)c1. The van der Waals surface area contributed by atoms with Crippen molar-refractivity contribution in [3.05, 3.63) is 29.5 Å². The van der Waals surface area contributed by atoms with Crippen molar-refractivity contribution < 1.29 is 4.79 Å². The van der Waals surface area contributed by atoms with Crippen LogP contribution in [0.5, 0.6) is 0 Å². The van der Waals surface area contributed by atoms with Crippen LogP contribution in [0.3, 0.4) is 0 Å². The zero-order chi connectivity index (χ0) is 15.5. The molecule has 0 spiro atoms. The molecule has 1 unspecified atom stereocenters. The van der Waals surface area contributed by atoms with Crippen molar-refractivity contribution in [3.63, 3.8) is 0 Å². The van der Waals surface area contributed by atoms with Gasteiger partial charge in [-0.05, 0) is 31.9 Å². The van der Waals surface area contributed by atoms with Crippen molar-refractivity contribution in [2.24, 2.45) is 0 Å². The van der Waals surface area contributed by atoms with E-state index < -0.39 is 0 Å². The Morgan fingerprint density at radius 2 is 2.41 bits per heavy atom. The fraction of sp³-hybridized carbons (Fsp3) is 0.533. The Balaban J connectivity index is 1.60. The maximum Gasteiger partial charge on any atom is 0.242 e. The summed E-state index contributed by atoms with van der Waals surface area (Å²) in [6.07, 6.45) is 7.91. The van der Waals surface area contributed by atoms with Crippen molar-refractivity contribution in [1.82, 2.24) is 19.7 Å². The smallest absolute Gasteiger partial charge is 0.242 e. The van der Waals surface area contributed by atoms with Gasteiger partial charge in [0.15, 0.2) is 5.13 Å². The first-order chi connectivity index (χ1) is 10.6. The summed E-state index contributed by atoms with van der Waals surface area (Å²) in [5.41, 5.74) is 1.17. The molecule has 2 aromatic rings. The van der Waals surface area contributed by atoms with Crippen LogP contribution >= 0.6 is 11.3 Å². The maximum absolute atomic E-state index is 12.4. The third-order valence-electron chi connectivity index (χ3n) is 4.08. The second kappa shape index (κ2) is 6.58. The lowest BCUT2D eigenvalue weighted by atomic mass is 10.2. The topological polar surface area (TPSA) is 54.3 Å². The summed E-state index contributed by atoms with van der Waals surface area (Å²) in [6, 6.07) is 0.382. The van der Waals surface area contributed by atoms with E-state index >= 15 is 0 Å². The van der Waals surface area contributed by atoms with Gasteiger partial charge in [0, 0.05) is 30.9 Å². The van der Waals surface area contributed by atoms with Crippen molar-refractivity contribution in [3.8, 4) is 0 Å². The van der Waals surface area contributed by atoms with E-state index in [4.69, 9.17) is 0 Å². The minimum Gasteiger partial charge on any atom is -0.290 e. The number of anilines is 1. The molecule has 7 heteroatoms. The third-order valence-corrected chi connectivity index (χ3v) is 4.93. The summed E-state index contributed by atoms with van der Waals surface area (Å²) in [7, 11) is 1.79. The second-order valence-corrected chi connectivity index (χ2v) is 6.65. The largest absolute Gasteiger partial charge is 0.290 e. The third kappa shape index (κ3) is 3.36. The van der Waals surface area contributed by atoms with Crippen LogP contribution in [0, 0.1) is 6.92 Å². The zero-order valence-electron chi connectivity index (χ0n) is 13.0. The van der Waals surface area contributed by atoms with E-state index in [-0.39, 0.29) is 5.91 Å². The molecule has 1 aliphatic rings. The number of likely N-dealkylation sites (tertiary alicyclic amines) is 1. The van der Waals surface area contributed by atoms with E-state index in [1.54, 1.807) is 18.1 Å². The molecule has 0 N–H and O–H groups in total. The van der Waals surface area contributed by atoms with Gasteiger partial charge in [-0.25, -0.2) is 4.98 Å². The molecule has 2 aromatic heterocycles. The van der Waals surface area contributed by atoms with Gasteiger partial charge in [-0.15, -0.1) is 11.3 Å². The summed E-state index contributed by atoms with van der Waals surface area (Å²) >= 11 is 1.48. The van der Waals surface area contributed by atoms with Crippen LogP contribution in [0.4, 0.5) is 5.13 Å². The summed E-state index contributed by atoms with van der Waals surface area (Å²) in [4.78, 5) is 20.5. The predicted octanol–water partition coefficient (Wildman–Crippen LogP) is 1.78. The fourth-order valence-electron chi connectivity index (χ4n) is 2.86. The van der Waals surface area contributed by atoms with E-state index in [1.165, 1.54) is 16.9 Å². The highest BCUT2D eigenvalue weighted by molar-refractivity contribution is 7.13. The van der Waals surface area contributed by atoms with Crippen LogP contribution in [0.1, 0.15) is 18.4 Å². The van der Waals surface area contributed by atoms with Gasteiger partial charge in [-0.3, -0.25) is 19.3 Å². The average molecular weight is 319 g/mol. The van der Waals surface area contributed by atoms with Crippen LogP contribution in [0.15, 0.2) is 24.0 Å². The number of rotatable bonds is 5. The standard InChI is InChI=1S/C15H21N5OS/c1-12-8-17-20(9-12)10-13-4-3-6-19(13)11-14(21)18(2)15-16-5-7-22-15/h5,7-9,13H,3-4,6,10-11H2,1-2H3. The van der Waals surface area contributed by atoms with Crippen LogP contribution in [0.2, 0.25) is 0 Å². The molecular weight excluding hydrogens is 298 g/mol. The number of hydrogen-bond acceptors (Lipinski definition) is 5. The highest BCUT2D eigenvalue weighted by Gasteiger charge is 2.28. The average Bonchev–Trinajstić information content (AvgIpc) is 3.22. The van der Waals surface area contributed by atoms with Gasteiger partial charge in [0.05, 0.1) is 19.3 Å². The Morgan fingerprint density at radius 3 is 3.09 bits per heavy atom. The van der Waals surface area contributed by atoms with Crippen LogP contribution in [-0.4, -0.2) is 51.8 Å². The first-order valence-corrected chi connectivity index (χ1v) is 8.40. The Morgan fingerprint density at radius 1 is 1.55 bits per heavy atom. The number of thiazole rings is 1. The van der Waals surface area contributed by atoms with Crippen LogP contribution < -0.4 is 4.90 Å². The first-order valence-electron chi connectivity index (χ1n) is 7.52. The summed E-state index contributed by atoms with van der Waals surface area (Å²) in [6.45, 7) is 4.31. The molecule has 1 amide bonds. The Bertz CT molecular complexity index is 624. The fourth-order valence-corrected chi connectivity index (χ4v) is 3.49. The Hall–Kier alpha value is -1.73. The summed E-state index contributed by atoms with van der Waals surface area (Å²) in [5.74, 6) is 0.0958. The molecule has 0 radical (unpaired) electrons. The van der Waals surface area contributed by atoms with Gasteiger partial charge in [-0.1, -0.05) is 0 Å². The number of aryl methyl sites for hydroxylation is 1. The van der Waals surface area contributed by atoms with Crippen molar-refractivity contribution in [1.29, 1.82) is 0 Å². The monoisotopic (exact) mass is 319 g/mol. The molecule has 0 aliphatic carbocycles. The molecule has 1 atom stereocenters. The van der Waals surface area contributed by atoms with Gasteiger partial charge in [0.25, 0.3) is 0 Å². The molecule has 1 fully saturated rings. The molecule has 1 aliphatic heterocycles. The lowest BCUT2D eigenvalue weighted by Crippen LogP contribution is -2.42. The molecule has 0 saturated carbocycles. The minimum atomic E-state index is 0.0958. The molecule has 0 bridgehead atoms. The van der Waals surface area contributed by atoms with E-state index in [0.29, 0.717) is 12.6 Å². The van der Waals surface area contributed by atoms with Gasteiger partial charge in [-0.2, -0.15) is 5.10 Å². The van der Waals surface area contributed by atoms with Crippen molar-refractivity contribution in [2.75, 3.05) is 25.0 Å². The highest BCUT2D eigenvalue weighted by atomic mass is 32.1. The number of likely N-dealkylation sites (N-methyl/N-ethyl adjacent to an activating group) is 1.